The number of sulfonamides is 1. The van der Waals surface area contributed by atoms with Gasteiger partial charge in [-0.05, 0) is 74.1 Å². The SMILES string of the molecule is Cc1cc(C(=O)N[C@H](C)c2ccc(N3CCC[C@@H](C)C3)cc2)ccc1N(C)S(C)(=O)=O. The summed E-state index contributed by atoms with van der Waals surface area (Å²) in [6, 6.07) is 13.3. The molecule has 0 saturated carbocycles. The van der Waals surface area contributed by atoms with Gasteiger partial charge >= 0.3 is 0 Å². The van der Waals surface area contributed by atoms with Gasteiger partial charge in [0.25, 0.3) is 5.91 Å². The van der Waals surface area contributed by atoms with Gasteiger partial charge in [-0.3, -0.25) is 9.10 Å². The lowest BCUT2D eigenvalue weighted by Crippen LogP contribution is -2.34. The third kappa shape index (κ3) is 5.58. The van der Waals surface area contributed by atoms with E-state index in [1.54, 1.807) is 25.1 Å². The molecule has 31 heavy (non-hydrogen) atoms. The first kappa shape index (κ1) is 23.1. The quantitative estimate of drug-likeness (QED) is 0.729. The van der Waals surface area contributed by atoms with Gasteiger partial charge in [-0.15, -0.1) is 0 Å². The largest absolute Gasteiger partial charge is 0.371 e. The Bertz CT molecular complexity index is 1030. The third-order valence-corrected chi connectivity index (χ3v) is 7.25. The summed E-state index contributed by atoms with van der Waals surface area (Å²) in [4.78, 5) is 15.2. The first-order valence-electron chi connectivity index (χ1n) is 10.8. The average Bonchev–Trinajstić information content (AvgIpc) is 2.72. The van der Waals surface area contributed by atoms with Crippen LogP contribution in [0.3, 0.4) is 0 Å². The Morgan fingerprint density at radius 3 is 2.45 bits per heavy atom. The number of hydrogen-bond acceptors (Lipinski definition) is 4. The van der Waals surface area contributed by atoms with E-state index in [0.29, 0.717) is 11.3 Å². The molecule has 1 aliphatic heterocycles. The highest BCUT2D eigenvalue weighted by atomic mass is 32.2. The van der Waals surface area contributed by atoms with Crippen LogP contribution in [-0.4, -0.2) is 40.7 Å². The topological polar surface area (TPSA) is 69.7 Å². The maximum atomic E-state index is 12.8. The number of nitrogens with zero attached hydrogens (tertiary/aromatic N) is 2. The molecule has 2 aromatic rings. The zero-order valence-electron chi connectivity index (χ0n) is 19.1. The molecule has 6 nitrogen and oxygen atoms in total. The number of benzene rings is 2. The molecule has 1 amide bonds. The molecular weight excluding hydrogens is 410 g/mol. The molecule has 1 aliphatic rings. The molecule has 1 saturated heterocycles. The van der Waals surface area contributed by atoms with Crippen LogP contribution in [0.1, 0.15) is 54.2 Å². The van der Waals surface area contributed by atoms with E-state index in [4.69, 9.17) is 0 Å². The Kier molecular flexibility index (Phi) is 6.94. The van der Waals surface area contributed by atoms with Crippen LogP contribution in [0, 0.1) is 12.8 Å². The van der Waals surface area contributed by atoms with Crippen LogP contribution in [0.25, 0.3) is 0 Å². The minimum atomic E-state index is -3.35. The van der Waals surface area contributed by atoms with E-state index in [9.17, 15) is 13.2 Å². The second-order valence-corrected chi connectivity index (χ2v) is 10.7. The van der Waals surface area contributed by atoms with Gasteiger partial charge in [0.2, 0.25) is 10.0 Å². The highest BCUT2D eigenvalue weighted by molar-refractivity contribution is 7.92. The number of aryl methyl sites for hydroxylation is 1. The summed E-state index contributed by atoms with van der Waals surface area (Å²) in [6.45, 7) is 8.26. The standard InChI is InChI=1S/C24H33N3O3S/c1-17-7-6-14-27(16-17)22-11-8-20(9-12-22)19(3)25-24(28)21-10-13-23(18(2)15-21)26(4)31(5,29)30/h8-13,15,17,19H,6-7,14,16H2,1-5H3,(H,25,28)/t17-,19-/m1/s1. The minimum absolute atomic E-state index is 0.138. The smallest absolute Gasteiger partial charge is 0.251 e. The minimum Gasteiger partial charge on any atom is -0.371 e. The lowest BCUT2D eigenvalue weighted by Gasteiger charge is -2.33. The predicted molar refractivity (Wildman–Crippen MR) is 127 cm³/mol. The summed E-state index contributed by atoms with van der Waals surface area (Å²) in [7, 11) is -1.84. The molecule has 2 atom stereocenters. The Morgan fingerprint density at radius 2 is 1.87 bits per heavy atom. The molecule has 0 unspecified atom stereocenters. The molecule has 168 valence electrons. The molecule has 0 spiro atoms. The molecule has 1 heterocycles. The van der Waals surface area contributed by atoms with Crippen LogP contribution in [0.15, 0.2) is 42.5 Å². The van der Waals surface area contributed by atoms with Gasteiger partial charge in [0, 0.05) is 31.4 Å². The second kappa shape index (κ2) is 9.30. The summed E-state index contributed by atoms with van der Waals surface area (Å²) >= 11 is 0. The highest BCUT2D eigenvalue weighted by Crippen LogP contribution is 2.25. The lowest BCUT2D eigenvalue weighted by molar-refractivity contribution is 0.0940. The van der Waals surface area contributed by atoms with Crippen molar-refractivity contribution in [3.8, 4) is 0 Å². The maximum Gasteiger partial charge on any atom is 0.251 e. The van der Waals surface area contributed by atoms with E-state index in [-0.39, 0.29) is 11.9 Å². The van der Waals surface area contributed by atoms with Crippen LogP contribution in [0.5, 0.6) is 0 Å². The molecular formula is C24H33N3O3S. The number of carbonyl (C=O) groups excluding carboxylic acids is 1. The molecule has 3 rings (SSSR count). The number of carbonyl (C=O) groups is 1. The fraction of sp³-hybridized carbons (Fsp3) is 0.458. The van der Waals surface area contributed by atoms with Crippen molar-refractivity contribution in [3.63, 3.8) is 0 Å². The lowest BCUT2D eigenvalue weighted by atomic mass is 9.99. The van der Waals surface area contributed by atoms with Gasteiger partial charge in [-0.2, -0.15) is 0 Å². The molecule has 0 radical (unpaired) electrons. The molecule has 0 aliphatic carbocycles. The van der Waals surface area contributed by atoms with E-state index in [1.165, 1.54) is 29.9 Å². The number of amides is 1. The molecule has 1 N–H and O–H groups in total. The van der Waals surface area contributed by atoms with Crippen molar-refractivity contribution in [2.45, 2.75) is 39.7 Å². The second-order valence-electron chi connectivity index (χ2n) is 8.71. The molecule has 2 aromatic carbocycles. The van der Waals surface area contributed by atoms with Crippen LogP contribution in [-0.2, 0) is 10.0 Å². The van der Waals surface area contributed by atoms with E-state index in [2.05, 4.69) is 41.4 Å². The van der Waals surface area contributed by atoms with Gasteiger partial charge in [0.15, 0.2) is 0 Å². The van der Waals surface area contributed by atoms with Crippen molar-refractivity contribution in [2.75, 3.05) is 35.6 Å². The van der Waals surface area contributed by atoms with Gasteiger partial charge in [-0.25, -0.2) is 8.42 Å². The van der Waals surface area contributed by atoms with Gasteiger partial charge in [0.1, 0.15) is 0 Å². The molecule has 7 heteroatoms. The Labute approximate surface area is 186 Å². The summed E-state index contributed by atoms with van der Waals surface area (Å²) in [5.41, 5.74) is 4.08. The van der Waals surface area contributed by atoms with Gasteiger partial charge in [-0.1, -0.05) is 19.1 Å². The van der Waals surface area contributed by atoms with E-state index in [0.717, 1.165) is 36.4 Å². The zero-order valence-corrected chi connectivity index (χ0v) is 19.9. The number of rotatable bonds is 6. The maximum absolute atomic E-state index is 12.8. The van der Waals surface area contributed by atoms with Crippen molar-refractivity contribution in [3.05, 3.63) is 59.2 Å². The Morgan fingerprint density at radius 1 is 1.19 bits per heavy atom. The third-order valence-electron chi connectivity index (χ3n) is 6.06. The summed E-state index contributed by atoms with van der Waals surface area (Å²) in [6.07, 6.45) is 3.68. The van der Waals surface area contributed by atoms with Crippen LogP contribution in [0.2, 0.25) is 0 Å². The van der Waals surface area contributed by atoms with Crippen LogP contribution < -0.4 is 14.5 Å². The normalized spacial score (nSPS) is 17.8. The van der Waals surface area contributed by atoms with Crippen molar-refractivity contribution >= 4 is 27.3 Å². The van der Waals surface area contributed by atoms with Gasteiger partial charge < -0.3 is 10.2 Å². The van der Waals surface area contributed by atoms with Crippen molar-refractivity contribution in [2.24, 2.45) is 5.92 Å². The first-order valence-corrected chi connectivity index (χ1v) is 12.6. The van der Waals surface area contributed by atoms with Crippen LogP contribution in [0.4, 0.5) is 11.4 Å². The van der Waals surface area contributed by atoms with Gasteiger partial charge in [0.05, 0.1) is 18.0 Å². The summed E-state index contributed by atoms with van der Waals surface area (Å²) in [5, 5.41) is 3.04. The zero-order chi connectivity index (χ0) is 22.8. The van der Waals surface area contributed by atoms with Crippen molar-refractivity contribution < 1.29 is 13.2 Å². The summed E-state index contributed by atoms with van der Waals surface area (Å²) < 4.78 is 24.8. The number of nitrogens with one attached hydrogen (secondary N) is 1. The first-order chi connectivity index (χ1) is 14.6. The Balaban J connectivity index is 1.67. The number of hydrogen-bond donors (Lipinski definition) is 1. The molecule has 0 aromatic heterocycles. The predicted octanol–water partition coefficient (Wildman–Crippen LogP) is 4.12. The van der Waals surface area contributed by atoms with Crippen molar-refractivity contribution in [1.82, 2.24) is 5.32 Å². The van der Waals surface area contributed by atoms with Crippen molar-refractivity contribution in [1.29, 1.82) is 0 Å². The van der Waals surface area contributed by atoms with E-state index >= 15 is 0 Å². The summed E-state index contributed by atoms with van der Waals surface area (Å²) in [5.74, 6) is 0.539. The monoisotopic (exact) mass is 443 g/mol. The van der Waals surface area contributed by atoms with E-state index in [1.807, 2.05) is 6.92 Å². The molecule has 1 fully saturated rings. The highest BCUT2D eigenvalue weighted by Gasteiger charge is 2.19. The number of piperidine rings is 1. The number of anilines is 2. The van der Waals surface area contributed by atoms with E-state index < -0.39 is 10.0 Å². The molecule has 0 bridgehead atoms. The average molecular weight is 444 g/mol. The van der Waals surface area contributed by atoms with Crippen LogP contribution >= 0.6 is 0 Å². The fourth-order valence-corrected chi connectivity index (χ4v) is 4.65. The Hall–Kier alpha value is -2.54. The fourth-order valence-electron chi connectivity index (χ4n) is 4.09.